The molecule has 2 aromatic rings. The summed E-state index contributed by atoms with van der Waals surface area (Å²) in [5, 5.41) is 17.5. The van der Waals surface area contributed by atoms with Gasteiger partial charge in [0.05, 0.1) is 5.92 Å². The highest BCUT2D eigenvalue weighted by Gasteiger charge is 2.37. The Balaban J connectivity index is 0.000000968. The van der Waals surface area contributed by atoms with E-state index in [4.69, 9.17) is 15.6 Å². The van der Waals surface area contributed by atoms with Crippen LogP contribution in [0.1, 0.15) is 42.0 Å². The second-order valence-corrected chi connectivity index (χ2v) is 8.28. The van der Waals surface area contributed by atoms with Crippen molar-refractivity contribution in [2.75, 3.05) is 26.2 Å². The number of rotatable bonds is 3. The van der Waals surface area contributed by atoms with Crippen molar-refractivity contribution in [1.82, 2.24) is 4.90 Å². The third-order valence-electron chi connectivity index (χ3n) is 6.07. The molecule has 0 saturated heterocycles. The molecule has 2 aliphatic rings. The van der Waals surface area contributed by atoms with Crippen molar-refractivity contribution in [3.05, 3.63) is 99.1 Å². The lowest BCUT2D eigenvalue weighted by molar-refractivity contribution is 0.239. The number of nitriles is 1. The normalized spacial score (nSPS) is 19.4. The number of hydrogen-bond donors (Lipinski definition) is 2. The van der Waals surface area contributed by atoms with Crippen LogP contribution in [0.2, 0.25) is 0 Å². The fourth-order valence-corrected chi connectivity index (χ4v) is 4.37. The second-order valence-electron chi connectivity index (χ2n) is 8.28. The molecule has 33 heavy (non-hydrogen) atoms. The van der Waals surface area contributed by atoms with Gasteiger partial charge in [0, 0.05) is 25.3 Å². The minimum atomic E-state index is -0.186. The molecule has 2 aliphatic heterocycles. The molecule has 0 fully saturated rings. The lowest BCUT2D eigenvalue weighted by Gasteiger charge is -2.38. The van der Waals surface area contributed by atoms with Gasteiger partial charge in [-0.2, -0.15) is 5.26 Å². The zero-order valence-corrected chi connectivity index (χ0v) is 19.9. The first-order valence-corrected chi connectivity index (χ1v) is 11.4. The molecule has 0 spiro atoms. The first-order valence-electron chi connectivity index (χ1n) is 11.4. The Morgan fingerprint density at radius 3 is 2.33 bits per heavy atom. The van der Waals surface area contributed by atoms with E-state index < -0.39 is 0 Å². The lowest BCUT2D eigenvalue weighted by atomic mass is 9.78. The quantitative estimate of drug-likeness (QED) is 0.713. The van der Waals surface area contributed by atoms with Gasteiger partial charge >= 0.3 is 0 Å². The topological polar surface area (TPSA) is 82.5 Å². The molecule has 0 amide bonds. The van der Waals surface area contributed by atoms with Gasteiger partial charge in [0.15, 0.2) is 0 Å². The number of allylic oxidation sites excluding steroid dienone is 1. The number of aryl methyl sites for hydroxylation is 2. The van der Waals surface area contributed by atoms with Crippen LogP contribution >= 0.6 is 0 Å². The summed E-state index contributed by atoms with van der Waals surface area (Å²) in [6.07, 6.45) is 2.20. The molecule has 2 aromatic carbocycles. The van der Waals surface area contributed by atoms with E-state index in [1.54, 1.807) is 6.92 Å². The Hall–Kier alpha value is -3.33. The summed E-state index contributed by atoms with van der Waals surface area (Å²) in [4.78, 5) is 2.38. The van der Waals surface area contributed by atoms with Crippen LogP contribution in [0.3, 0.4) is 0 Å². The van der Waals surface area contributed by atoms with E-state index in [2.05, 4.69) is 68.1 Å². The minimum absolute atomic E-state index is 0.186. The third-order valence-corrected chi connectivity index (χ3v) is 6.07. The van der Waals surface area contributed by atoms with Crippen LogP contribution in [0.15, 0.2) is 76.9 Å². The summed E-state index contributed by atoms with van der Waals surface area (Å²) in [6.45, 7) is 10.8. The maximum absolute atomic E-state index is 9.92. The largest absolute Gasteiger partial charge is 0.440 e. The summed E-state index contributed by atoms with van der Waals surface area (Å²) in [5.74, 6) is 0.854. The molecule has 0 aliphatic carbocycles. The second kappa shape index (κ2) is 11.0. The molecular weight excluding hydrogens is 410 g/mol. The van der Waals surface area contributed by atoms with Crippen molar-refractivity contribution in [3.63, 3.8) is 0 Å². The van der Waals surface area contributed by atoms with E-state index in [0.29, 0.717) is 5.57 Å². The average molecular weight is 444 g/mol. The summed E-state index contributed by atoms with van der Waals surface area (Å²) < 4.78 is 6.12. The molecule has 4 rings (SSSR count). The summed E-state index contributed by atoms with van der Waals surface area (Å²) >= 11 is 0. The van der Waals surface area contributed by atoms with E-state index in [9.17, 15) is 5.26 Å². The molecule has 172 valence electrons. The highest BCUT2D eigenvalue weighted by atomic mass is 16.5. The van der Waals surface area contributed by atoms with Crippen molar-refractivity contribution >= 4 is 6.08 Å². The average Bonchev–Trinajstić information content (AvgIpc) is 2.81. The maximum Gasteiger partial charge on any atom is 0.205 e. The summed E-state index contributed by atoms with van der Waals surface area (Å²) in [7, 11) is 0. The third kappa shape index (κ3) is 5.19. The van der Waals surface area contributed by atoms with Crippen LogP contribution in [0.25, 0.3) is 6.08 Å². The molecule has 0 saturated carbocycles. The number of aliphatic hydroxyl groups excluding tert-OH is 1. The van der Waals surface area contributed by atoms with E-state index in [0.717, 1.165) is 47.7 Å². The first kappa shape index (κ1) is 24.3. The smallest absolute Gasteiger partial charge is 0.205 e. The highest BCUT2D eigenvalue weighted by Crippen LogP contribution is 2.44. The monoisotopic (exact) mass is 443 g/mol. The maximum atomic E-state index is 9.92. The minimum Gasteiger partial charge on any atom is -0.440 e. The summed E-state index contributed by atoms with van der Waals surface area (Å²) in [5.41, 5.74) is 13.6. The van der Waals surface area contributed by atoms with Crippen LogP contribution < -0.4 is 5.73 Å². The number of aliphatic hydroxyl groups is 1. The lowest BCUT2D eigenvalue weighted by Crippen LogP contribution is -2.38. The van der Waals surface area contributed by atoms with Gasteiger partial charge < -0.3 is 15.6 Å². The van der Waals surface area contributed by atoms with Gasteiger partial charge in [-0.05, 0) is 61.2 Å². The van der Waals surface area contributed by atoms with Gasteiger partial charge in [-0.1, -0.05) is 55.5 Å². The molecule has 0 radical (unpaired) electrons. The number of nitrogens with zero attached hydrogens (tertiary/aromatic N) is 2. The van der Waals surface area contributed by atoms with Crippen LogP contribution in [0.5, 0.6) is 0 Å². The molecule has 0 bridgehead atoms. The van der Waals surface area contributed by atoms with Crippen LogP contribution in [-0.4, -0.2) is 36.2 Å². The molecule has 5 heteroatoms. The first-order chi connectivity index (χ1) is 15.9. The van der Waals surface area contributed by atoms with Crippen molar-refractivity contribution in [2.45, 2.75) is 33.6 Å². The molecule has 2 heterocycles. The molecular formula is C28H33N3O2. The number of benzene rings is 2. The van der Waals surface area contributed by atoms with Crippen LogP contribution in [-0.2, 0) is 4.74 Å². The van der Waals surface area contributed by atoms with Crippen molar-refractivity contribution in [1.29, 1.82) is 5.26 Å². The van der Waals surface area contributed by atoms with Crippen LogP contribution in [0, 0.1) is 25.2 Å². The van der Waals surface area contributed by atoms with Crippen LogP contribution in [0.4, 0.5) is 0 Å². The van der Waals surface area contributed by atoms with Crippen molar-refractivity contribution in [3.8, 4) is 6.07 Å². The summed E-state index contributed by atoms with van der Waals surface area (Å²) in [6, 6.07) is 18.9. The highest BCUT2D eigenvalue weighted by molar-refractivity contribution is 5.65. The number of ether oxygens (including phenoxy) is 1. The number of hydrogen-bond acceptors (Lipinski definition) is 5. The van der Waals surface area contributed by atoms with Gasteiger partial charge in [0.2, 0.25) is 5.88 Å². The Bertz CT molecular complexity index is 1140. The zero-order valence-electron chi connectivity index (χ0n) is 19.9. The fraction of sp³-hybridized carbons (Fsp3) is 0.321. The van der Waals surface area contributed by atoms with E-state index in [1.807, 2.05) is 18.2 Å². The number of nitrogens with two attached hydrogens (primary N) is 1. The van der Waals surface area contributed by atoms with Crippen molar-refractivity contribution < 1.29 is 9.84 Å². The molecule has 0 aromatic heterocycles. The molecule has 1 atom stereocenters. The Labute approximate surface area is 197 Å². The van der Waals surface area contributed by atoms with Crippen molar-refractivity contribution in [2.24, 2.45) is 5.73 Å². The molecule has 5 nitrogen and oxygen atoms in total. The predicted molar refractivity (Wildman–Crippen MR) is 133 cm³/mol. The predicted octanol–water partition coefficient (Wildman–Crippen LogP) is 4.78. The van der Waals surface area contributed by atoms with Gasteiger partial charge in [0.1, 0.15) is 17.4 Å². The van der Waals surface area contributed by atoms with Gasteiger partial charge in [-0.3, -0.25) is 4.90 Å². The molecule has 3 N–H and O–H groups in total. The molecule has 1 unspecified atom stereocenters. The van der Waals surface area contributed by atoms with E-state index in [-0.39, 0.29) is 18.4 Å². The van der Waals surface area contributed by atoms with Gasteiger partial charge in [-0.15, -0.1) is 0 Å². The fourth-order valence-electron chi connectivity index (χ4n) is 4.37. The Kier molecular flexibility index (Phi) is 8.11. The zero-order chi connectivity index (χ0) is 24.0. The van der Waals surface area contributed by atoms with E-state index in [1.165, 1.54) is 11.1 Å². The SMILES string of the molecule is CCN1CC2=C(OC(N)=C(C#N)C2c2ccccc2C)/C(=C/c2ccccc2C)C1.CCO. The number of likely N-dealkylation sites (N-methyl/N-ethyl adjacent to an activating group) is 1. The van der Waals surface area contributed by atoms with Gasteiger partial charge in [-0.25, -0.2) is 0 Å². The van der Waals surface area contributed by atoms with E-state index >= 15 is 0 Å². The standard InChI is InChI=1S/C26H27N3O.C2H6O/c1-4-29-15-20(13-19-11-7-5-9-17(19)2)25-23(16-29)24(22(14-27)26(28)30-25)21-12-8-6-10-18(21)3;1-2-3/h5-13,24H,4,15-16,28H2,1-3H3;3H,2H2,1H3/b20-13+;. The van der Waals surface area contributed by atoms with Gasteiger partial charge in [0.25, 0.3) is 0 Å². The Morgan fingerprint density at radius 2 is 1.73 bits per heavy atom. The Morgan fingerprint density at radius 1 is 1.09 bits per heavy atom.